The molecule has 3 heteroatoms. The Hall–Kier alpha value is -1.77. The third-order valence-electron chi connectivity index (χ3n) is 2.29. The third kappa shape index (κ3) is 2.18. The number of aryl methyl sites for hydroxylation is 1. The lowest BCUT2D eigenvalue weighted by Crippen LogP contribution is -2.11. The Morgan fingerprint density at radius 1 is 1.67 bits per heavy atom. The molecule has 0 amide bonds. The van der Waals surface area contributed by atoms with Crippen molar-refractivity contribution in [1.82, 2.24) is 4.57 Å². The molecule has 1 aromatic heterocycles. The molecule has 1 N–H and O–H groups in total. The lowest BCUT2D eigenvalue weighted by molar-refractivity contribution is -0.137. The van der Waals surface area contributed by atoms with Crippen LogP contribution in [0.1, 0.15) is 23.9 Å². The molecule has 0 bridgehead atoms. The van der Waals surface area contributed by atoms with E-state index < -0.39 is 5.97 Å². The van der Waals surface area contributed by atoms with E-state index >= 15 is 0 Å². The SMILES string of the molecule is C=Cc1c(C(=C)C)cc(C)n1CC(=O)O. The summed E-state index contributed by atoms with van der Waals surface area (Å²) in [5.41, 5.74) is 3.61. The van der Waals surface area contributed by atoms with E-state index in [0.717, 1.165) is 22.5 Å². The minimum atomic E-state index is -0.856. The van der Waals surface area contributed by atoms with Gasteiger partial charge in [0, 0.05) is 17.0 Å². The number of aromatic nitrogens is 1. The van der Waals surface area contributed by atoms with Crippen LogP contribution < -0.4 is 0 Å². The Kier molecular flexibility index (Phi) is 3.14. The van der Waals surface area contributed by atoms with E-state index in [1.807, 2.05) is 19.9 Å². The molecular formula is C12H15NO2. The van der Waals surface area contributed by atoms with Crippen molar-refractivity contribution in [2.45, 2.75) is 20.4 Å². The minimum absolute atomic E-state index is 0.0412. The maximum atomic E-state index is 10.7. The first-order chi connectivity index (χ1) is 6.97. The predicted octanol–water partition coefficient (Wildman–Crippen LogP) is 2.56. The number of carbonyl (C=O) groups is 1. The van der Waals surface area contributed by atoms with E-state index in [9.17, 15) is 4.79 Å². The summed E-state index contributed by atoms with van der Waals surface area (Å²) >= 11 is 0. The van der Waals surface area contributed by atoms with Crippen molar-refractivity contribution >= 4 is 17.6 Å². The van der Waals surface area contributed by atoms with Crippen LogP contribution in [0.3, 0.4) is 0 Å². The van der Waals surface area contributed by atoms with Crippen molar-refractivity contribution in [3.63, 3.8) is 0 Å². The summed E-state index contributed by atoms with van der Waals surface area (Å²) in [6.45, 7) is 11.3. The highest BCUT2D eigenvalue weighted by molar-refractivity contribution is 5.73. The highest BCUT2D eigenvalue weighted by Crippen LogP contribution is 2.23. The summed E-state index contributed by atoms with van der Waals surface area (Å²) < 4.78 is 1.72. The van der Waals surface area contributed by atoms with Gasteiger partial charge in [-0.15, -0.1) is 0 Å². The number of hydrogen-bond acceptors (Lipinski definition) is 1. The van der Waals surface area contributed by atoms with Gasteiger partial charge in [-0.2, -0.15) is 0 Å². The van der Waals surface area contributed by atoms with Crippen LogP contribution in [0.4, 0.5) is 0 Å². The van der Waals surface area contributed by atoms with Gasteiger partial charge in [0.2, 0.25) is 0 Å². The van der Waals surface area contributed by atoms with E-state index in [2.05, 4.69) is 13.2 Å². The van der Waals surface area contributed by atoms with Gasteiger partial charge in [-0.1, -0.05) is 13.2 Å². The Labute approximate surface area is 89.3 Å². The standard InChI is InChI=1S/C12H15NO2/c1-5-11-10(8(2)3)6-9(4)13(11)7-12(14)15/h5-6H,1-2,7H2,3-4H3,(H,14,15). The molecule has 0 fully saturated rings. The number of carboxylic acids is 1. The number of nitrogens with zero attached hydrogens (tertiary/aromatic N) is 1. The molecule has 15 heavy (non-hydrogen) atoms. The lowest BCUT2D eigenvalue weighted by atomic mass is 10.1. The Bertz CT molecular complexity index is 427. The summed E-state index contributed by atoms with van der Waals surface area (Å²) in [6.07, 6.45) is 1.67. The molecule has 80 valence electrons. The topological polar surface area (TPSA) is 42.2 Å². The maximum absolute atomic E-state index is 10.7. The fraction of sp³-hybridized carbons (Fsp3) is 0.250. The molecule has 1 aromatic rings. The summed E-state index contributed by atoms with van der Waals surface area (Å²) in [4.78, 5) is 10.7. The van der Waals surface area contributed by atoms with E-state index in [0.29, 0.717) is 0 Å². The molecule has 1 rings (SSSR count). The quantitative estimate of drug-likeness (QED) is 0.820. The van der Waals surface area contributed by atoms with Crippen LogP contribution in [-0.4, -0.2) is 15.6 Å². The lowest BCUT2D eigenvalue weighted by Gasteiger charge is -2.06. The first-order valence-corrected chi connectivity index (χ1v) is 4.67. The van der Waals surface area contributed by atoms with Crippen molar-refractivity contribution in [2.75, 3.05) is 0 Å². The first kappa shape index (κ1) is 11.3. The van der Waals surface area contributed by atoms with Gasteiger partial charge in [0.1, 0.15) is 6.54 Å². The highest BCUT2D eigenvalue weighted by atomic mass is 16.4. The zero-order valence-electron chi connectivity index (χ0n) is 9.08. The molecule has 0 aromatic carbocycles. The van der Waals surface area contributed by atoms with Crippen molar-refractivity contribution in [1.29, 1.82) is 0 Å². The average Bonchev–Trinajstić information content (AvgIpc) is 2.43. The van der Waals surface area contributed by atoms with Crippen LogP contribution in [0.25, 0.3) is 11.6 Å². The molecule has 1 heterocycles. The molecule has 0 saturated heterocycles. The summed E-state index contributed by atoms with van der Waals surface area (Å²) in [5, 5.41) is 8.78. The second-order valence-corrected chi connectivity index (χ2v) is 3.55. The van der Waals surface area contributed by atoms with Gasteiger partial charge in [0.25, 0.3) is 0 Å². The number of allylic oxidation sites excluding steroid dienone is 1. The fourth-order valence-electron chi connectivity index (χ4n) is 1.60. The van der Waals surface area contributed by atoms with Gasteiger partial charge in [-0.05, 0) is 31.6 Å². The predicted molar refractivity (Wildman–Crippen MR) is 61.6 cm³/mol. The average molecular weight is 205 g/mol. The van der Waals surface area contributed by atoms with Crippen molar-refractivity contribution in [2.24, 2.45) is 0 Å². The highest BCUT2D eigenvalue weighted by Gasteiger charge is 2.12. The van der Waals surface area contributed by atoms with E-state index in [4.69, 9.17) is 5.11 Å². The Morgan fingerprint density at radius 3 is 2.67 bits per heavy atom. The van der Waals surface area contributed by atoms with Crippen molar-refractivity contribution in [3.8, 4) is 0 Å². The molecule has 0 unspecified atom stereocenters. The monoisotopic (exact) mass is 205 g/mol. The first-order valence-electron chi connectivity index (χ1n) is 4.67. The minimum Gasteiger partial charge on any atom is -0.480 e. The van der Waals surface area contributed by atoms with Gasteiger partial charge in [0.05, 0.1) is 0 Å². The van der Waals surface area contributed by atoms with Gasteiger partial charge in [-0.3, -0.25) is 4.79 Å². The zero-order valence-corrected chi connectivity index (χ0v) is 9.08. The Morgan fingerprint density at radius 2 is 2.27 bits per heavy atom. The van der Waals surface area contributed by atoms with E-state index in [1.165, 1.54) is 0 Å². The van der Waals surface area contributed by atoms with Crippen LogP contribution in [0, 0.1) is 6.92 Å². The molecule has 0 spiro atoms. The van der Waals surface area contributed by atoms with E-state index in [-0.39, 0.29) is 6.54 Å². The van der Waals surface area contributed by atoms with Gasteiger partial charge in [-0.25, -0.2) is 0 Å². The van der Waals surface area contributed by atoms with Crippen LogP contribution in [0.2, 0.25) is 0 Å². The van der Waals surface area contributed by atoms with Crippen LogP contribution in [0.15, 0.2) is 19.2 Å². The molecule has 0 saturated carbocycles. The summed E-state index contributed by atoms with van der Waals surface area (Å²) in [6, 6.07) is 1.93. The van der Waals surface area contributed by atoms with Crippen LogP contribution in [0.5, 0.6) is 0 Å². The largest absolute Gasteiger partial charge is 0.480 e. The molecule has 3 nitrogen and oxygen atoms in total. The summed E-state index contributed by atoms with van der Waals surface area (Å²) in [7, 11) is 0. The second kappa shape index (κ2) is 4.17. The van der Waals surface area contributed by atoms with Crippen LogP contribution in [-0.2, 0) is 11.3 Å². The molecule has 0 radical (unpaired) electrons. The van der Waals surface area contributed by atoms with Gasteiger partial charge >= 0.3 is 5.97 Å². The van der Waals surface area contributed by atoms with Crippen molar-refractivity contribution < 1.29 is 9.90 Å². The second-order valence-electron chi connectivity index (χ2n) is 3.55. The zero-order chi connectivity index (χ0) is 11.6. The number of rotatable bonds is 4. The smallest absolute Gasteiger partial charge is 0.323 e. The molecule has 0 atom stereocenters. The van der Waals surface area contributed by atoms with Crippen LogP contribution >= 0.6 is 0 Å². The third-order valence-corrected chi connectivity index (χ3v) is 2.29. The maximum Gasteiger partial charge on any atom is 0.323 e. The fourth-order valence-corrected chi connectivity index (χ4v) is 1.60. The number of aliphatic carboxylic acids is 1. The molecular weight excluding hydrogens is 190 g/mol. The number of carboxylic acid groups (broad SMARTS) is 1. The molecule has 0 aliphatic heterocycles. The molecule has 0 aliphatic carbocycles. The Balaban J connectivity index is 3.31. The number of hydrogen-bond donors (Lipinski definition) is 1. The summed E-state index contributed by atoms with van der Waals surface area (Å²) in [5.74, 6) is -0.856. The van der Waals surface area contributed by atoms with Gasteiger partial charge < -0.3 is 9.67 Å². The van der Waals surface area contributed by atoms with Gasteiger partial charge in [0.15, 0.2) is 0 Å². The normalized spacial score (nSPS) is 10.0. The van der Waals surface area contributed by atoms with E-state index in [1.54, 1.807) is 10.6 Å². The van der Waals surface area contributed by atoms with Crippen molar-refractivity contribution in [3.05, 3.63) is 36.2 Å². The molecule has 0 aliphatic rings.